The summed E-state index contributed by atoms with van der Waals surface area (Å²) in [5.74, 6) is -0.181. The van der Waals surface area contributed by atoms with Gasteiger partial charge in [0.05, 0.1) is 13.7 Å². The Morgan fingerprint density at radius 2 is 1.86 bits per heavy atom. The summed E-state index contributed by atoms with van der Waals surface area (Å²) in [5.41, 5.74) is 0.671. The van der Waals surface area contributed by atoms with E-state index in [2.05, 4.69) is 20.9 Å². The molecule has 28 heavy (non-hydrogen) atoms. The zero-order valence-corrected chi connectivity index (χ0v) is 15.9. The Hall–Kier alpha value is -3.16. The second-order valence-corrected chi connectivity index (χ2v) is 5.85. The van der Waals surface area contributed by atoms with Gasteiger partial charge in [0.1, 0.15) is 17.4 Å². The summed E-state index contributed by atoms with van der Waals surface area (Å²) in [7, 11) is 1.54. The number of nitrogens with one attached hydrogen (secondary N) is 3. The molecule has 0 aliphatic carbocycles. The maximum absolute atomic E-state index is 13.7. The number of nitrogens with zero attached hydrogens (tertiary/aromatic N) is 1. The van der Waals surface area contributed by atoms with Crippen molar-refractivity contribution in [2.45, 2.75) is 13.5 Å². The van der Waals surface area contributed by atoms with Crippen LogP contribution in [0.3, 0.4) is 0 Å². The molecule has 0 aliphatic heterocycles. The zero-order chi connectivity index (χ0) is 20.4. The van der Waals surface area contributed by atoms with Crippen molar-refractivity contribution in [1.82, 2.24) is 16.0 Å². The summed E-state index contributed by atoms with van der Waals surface area (Å²) in [5, 5.41) is 8.84. The van der Waals surface area contributed by atoms with Gasteiger partial charge in [0.2, 0.25) is 0 Å². The Morgan fingerprint density at radius 3 is 2.61 bits per heavy atom. The van der Waals surface area contributed by atoms with E-state index in [4.69, 9.17) is 4.74 Å². The monoisotopic (exact) mass is 390 g/mol. The summed E-state index contributed by atoms with van der Waals surface area (Å²) in [6, 6.07) is 10.1. The van der Waals surface area contributed by atoms with Crippen LogP contribution in [0.2, 0.25) is 0 Å². The van der Waals surface area contributed by atoms with Crippen LogP contribution in [0.4, 0.5) is 8.78 Å². The molecule has 0 saturated carbocycles. The molecule has 8 heteroatoms. The molecule has 150 valence electrons. The molecule has 2 aromatic rings. The van der Waals surface area contributed by atoms with Crippen LogP contribution < -0.4 is 20.7 Å². The quantitative estimate of drug-likeness (QED) is 0.368. The number of amides is 1. The van der Waals surface area contributed by atoms with Crippen LogP contribution in [-0.4, -0.2) is 38.6 Å². The average Bonchev–Trinajstić information content (AvgIpc) is 2.71. The number of guanidine groups is 1. The highest BCUT2D eigenvalue weighted by Crippen LogP contribution is 2.12. The van der Waals surface area contributed by atoms with Gasteiger partial charge < -0.3 is 20.7 Å². The first-order valence-electron chi connectivity index (χ1n) is 8.92. The molecule has 1 amide bonds. The summed E-state index contributed by atoms with van der Waals surface area (Å²) in [6.07, 6.45) is 0. The third-order valence-corrected chi connectivity index (χ3v) is 3.79. The summed E-state index contributed by atoms with van der Waals surface area (Å²) < 4.78 is 32.0. The van der Waals surface area contributed by atoms with Gasteiger partial charge in [0.15, 0.2) is 5.96 Å². The maximum atomic E-state index is 13.7. The van der Waals surface area contributed by atoms with Crippen molar-refractivity contribution in [3.8, 4) is 5.75 Å². The largest absolute Gasteiger partial charge is 0.497 e. The minimum absolute atomic E-state index is 0.00487. The molecule has 0 heterocycles. The lowest BCUT2D eigenvalue weighted by atomic mass is 10.2. The Balaban J connectivity index is 1.85. The predicted molar refractivity (Wildman–Crippen MR) is 105 cm³/mol. The van der Waals surface area contributed by atoms with Gasteiger partial charge in [-0.05, 0) is 43.3 Å². The molecule has 0 atom stereocenters. The molecular weight excluding hydrogens is 366 g/mol. The zero-order valence-electron chi connectivity index (χ0n) is 15.9. The number of halogens is 2. The predicted octanol–water partition coefficient (Wildman–Crippen LogP) is 2.46. The highest BCUT2D eigenvalue weighted by molar-refractivity contribution is 5.94. The van der Waals surface area contributed by atoms with Gasteiger partial charge in [-0.15, -0.1) is 0 Å². The summed E-state index contributed by atoms with van der Waals surface area (Å²) in [6.45, 7) is 3.26. The first-order chi connectivity index (χ1) is 13.5. The molecule has 0 unspecified atom stereocenters. The van der Waals surface area contributed by atoms with Crippen LogP contribution in [0.1, 0.15) is 22.8 Å². The molecule has 3 N–H and O–H groups in total. The van der Waals surface area contributed by atoms with E-state index in [1.807, 2.05) is 6.92 Å². The fourth-order valence-electron chi connectivity index (χ4n) is 2.39. The molecular formula is C20H24F2N4O2. The fraction of sp³-hybridized carbons (Fsp3) is 0.300. The number of methoxy groups -OCH3 is 1. The molecule has 0 spiro atoms. The first-order valence-corrected chi connectivity index (χ1v) is 8.92. The van der Waals surface area contributed by atoms with Gasteiger partial charge in [0.25, 0.3) is 5.91 Å². The second-order valence-electron chi connectivity index (χ2n) is 5.85. The van der Waals surface area contributed by atoms with Crippen molar-refractivity contribution < 1.29 is 18.3 Å². The fourth-order valence-corrected chi connectivity index (χ4v) is 2.39. The van der Waals surface area contributed by atoms with Crippen LogP contribution in [0.5, 0.6) is 5.75 Å². The van der Waals surface area contributed by atoms with E-state index in [0.717, 1.165) is 18.2 Å². The van der Waals surface area contributed by atoms with E-state index in [0.29, 0.717) is 36.9 Å². The van der Waals surface area contributed by atoms with Gasteiger partial charge in [-0.25, -0.2) is 13.8 Å². The van der Waals surface area contributed by atoms with Crippen molar-refractivity contribution in [3.05, 3.63) is 65.2 Å². The molecule has 0 saturated heterocycles. The molecule has 2 rings (SSSR count). The molecule has 0 bridgehead atoms. The highest BCUT2D eigenvalue weighted by atomic mass is 19.1. The standard InChI is InChI=1S/C20H24F2N4O2/c1-3-23-20(26-13-15-11-16(21)7-8-18(15)22)25-10-9-24-19(27)14-5-4-6-17(12-14)28-2/h4-8,11-12H,3,9-10,13H2,1-2H3,(H,24,27)(H2,23,25,26). The van der Waals surface area contributed by atoms with E-state index in [1.165, 1.54) is 7.11 Å². The van der Waals surface area contributed by atoms with Crippen LogP contribution in [0, 0.1) is 11.6 Å². The van der Waals surface area contributed by atoms with Crippen molar-refractivity contribution in [3.63, 3.8) is 0 Å². The van der Waals surface area contributed by atoms with E-state index < -0.39 is 11.6 Å². The topological polar surface area (TPSA) is 74.8 Å². The maximum Gasteiger partial charge on any atom is 0.251 e. The minimum Gasteiger partial charge on any atom is -0.497 e. The number of ether oxygens (including phenoxy) is 1. The summed E-state index contributed by atoms with van der Waals surface area (Å²) in [4.78, 5) is 16.4. The van der Waals surface area contributed by atoms with E-state index in [-0.39, 0.29) is 18.0 Å². The lowest BCUT2D eigenvalue weighted by molar-refractivity contribution is 0.0954. The van der Waals surface area contributed by atoms with Crippen LogP contribution in [0.15, 0.2) is 47.5 Å². The molecule has 0 aromatic heterocycles. The minimum atomic E-state index is -0.509. The lowest BCUT2D eigenvalue weighted by Crippen LogP contribution is -2.41. The van der Waals surface area contributed by atoms with Crippen LogP contribution in [0.25, 0.3) is 0 Å². The Kier molecular flexibility index (Phi) is 8.20. The van der Waals surface area contributed by atoms with Gasteiger partial charge in [0, 0.05) is 30.8 Å². The third-order valence-electron chi connectivity index (χ3n) is 3.79. The summed E-state index contributed by atoms with van der Waals surface area (Å²) >= 11 is 0. The average molecular weight is 390 g/mol. The van der Waals surface area contributed by atoms with E-state index in [1.54, 1.807) is 24.3 Å². The first kappa shape index (κ1) is 21.1. The number of hydrogen-bond donors (Lipinski definition) is 3. The molecule has 0 aliphatic rings. The van der Waals surface area contributed by atoms with Crippen molar-refractivity contribution >= 4 is 11.9 Å². The number of aliphatic imine (C=N–C) groups is 1. The number of carbonyl (C=O) groups excluding carboxylic acids is 1. The molecule has 0 radical (unpaired) electrons. The third kappa shape index (κ3) is 6.53. The number of benzene rings is 2. The Bertz CT molecular complexity index is 828. The van der Waals surface area contributed by atoms with E-state index in [9.17, 15) is 13.6 Å². The highest BCUT2D eigenvalue weighted by Gasteiger charge is 2.07. The molecule has 0 fully saturated rings. The van der Waals surface area contributed by atoms with E-state index >= 15 is 0 Å². The number of carbonyl (C=O) groups is 1. The Labute approximate surface area is 163 Å². The van der Waals surface area contributed by atoms with Crippen molar-refractivity contribution in [1.29, 1.82) is 0 Å². The number of rotatable bonds is 8. The van der Waals surface area contributed by atoms with Crippen molar-refractivity contribution in [2.24, 2.45) is 4.99 Å². The van der Waals surface area contributed by atoms with Gasteiger partial charge in [-0.3, -0.25) is 4.79 Å². The van der Waals surface area contributed by atoms with Crippen molar-refractivity contribution in [2.75, 3.05) is 26.7 Å². The van der Waals surface area contributed by atoms with Crippen LogP contribution >= 0.6 is 0 Å². The molecule has 6 nitrogen and oxygen atoms in total. The number of hydrogen-bond acceptors (Lipinski definition) is 3. The van der Waals surface area contributed by atoms with Gasteiger partial charge >= 0.3 is 0 Å². The lowest BCUT2D eigenvalue weighted by Gasteiger charge is -2.12. The second kappa shape index (κ2) is 10.9. The normalized spacial score (nSPS) is 11.1. The Morgan fingerprint density at radius 1 is 1.07 bits per heavy atom. The van der Waals surface area contributed by atoms with Gasteiger partial charge in [-0.2, -0.15) is 0 Å². The van der Waals surface area contributed by atoms with Crippen LogP contribution in [-0.2, 0) is 6.54 Å². The van der Waals surface area contributed by atoms with Gasteiger partial charge in [-0.1, -0.05) is 6.07 Å². The smallest absolute Gasteiger partial charge is 0.251 e. The molecule has 2 aromatic carbocycles. The SMILES string of the molecule is CCNC(=NCc1cc(F)ccc1F)NCCNC(=O)c1cccc(OC)c1.